The Morgan fingerprint density at radius 1 is 0.966 bits per heavy atom. The van der Waals surface area contributed by atoms with Crippen LogP contribution in [0.15, 0.2) is 30.3 Å². The quantitative estimate of drug-likeness (QED) is 0.564. The van der Waals surface area contributed by atoms with E-state index in [1.807, 2.05) is 0 Å². The number of hydrogen-bond donors (Lipinski definition) is 0. The molecule has 0 aromatic heterocycles. The van der Waals surface area contributed by atoms with E-state index < -0.39 is 0 Å². The van der Waals surface area contributed by atoms with E-state index in [0.29, 0.717) is 16.2 Å². The van der Waals surface area contributed by atoms with Crippen molar-refractivity contribution in [3.8, 4) is 0 Å². The van der Waals surface area contributed by atoms with Gasteiger partial charge < -0.3 is 4.90 Å². The summed E-state index contributed by atoms with van der Waals surface area (Å²) in [6.45, 7) is 11.8. The largest absolute Gasteiger partial charge is 0.302 e. The zero-order chi connectivity index (χ0) is 19.9. The lowest BCUT2D eigenvalue weighted by Crippen LogP contribution is -2.55. The highest BCUT2D eigenvalue weighted by Crippen LogP contribution is 2.64. The van der Waals surface area contributed by atoms with E-state index in [1.54, 1.807) is 18.4 Å². The maximum atomic E-state index is 2.89. The molecular weight excluding hydrogens is 350 g/mol. The average molecular weight is 392 g/mol. The van der Waals surface area contributed by atoms with Crippen LogP contribution in [0.3, 0.4) is 0 Å². The van der Waals surface area contributed by atoms with Crippen LogP contribution in [0.2, 0.25) is 0 Å². The van der Waals surface area contributed by atoms with Crippen LogP contribution in [0, 0.1) is 40.4 Å². The van der Waals surface area contributed by atoms with Crippen LogP contribution in [-0.2, 0) is 5.41 Å². The van der Waals surface area contributed by atoms with Gasteiger partial charge >= 0.3 is 0 Å². The first-order valence-corrected chi connectivity index (χ1v) is 12.7. The highest BCUT2D eigenvalue weighted by Gasteiger charge is 2.57. The van der Waals surface area contributed by atoms with Gasteiger partial charge in [-0.15, -0.1) is 0 Å². The van der Waals surface area contributed by atoms with E-state index in [1.165, 1.54) is 58.2 Å². The molecule has 5 aliphatic carbocycles. The molecule has 1 saturated heterocycles. The van der Waals surface area contributed by atoms with E-state index in [2.05, 4.69) is 56.0 Å². The molecule has 6 aliphatic rings. The number of nitrogens with zero attached hydrogens (tertiary/aromatic N) is 1. The standard InChI is InChI=1S/C28H41N/c1-26(2)24-9-11-27(26,3)19-29(18-24)12-10-25-21-13-20-14-22(25)17-28(15-20,16-21)23-7-5-4-6-8-23/h4-8,20-22,24-25H,9-19H2,1-3H3/t20?,21?,22?,24-,25?,27+,28?/m1/s1. The summed E-state index contributed by atoms with van der Waals surface area (Å²) >= 11 is 0. The predicted octanol–water partition coefficient (Wildman–Crippen LogP) is 6.53. The summed E-state index contributed by atoms with van der Waals surface area (Å²) in [4.78, 5) is 2.89. The lowest BCUT2D eigenvalue weighted by atomic mass is 9.44. The van der Waals surface area contributed by atoms with E-state index in [0.717, 1.165) is 29.6 Å². The Bertz CT molecular complexity index is 750. The molecule has 1 aliphatic heterocycles. The minimum absolute atomic E-state index is 0.538. The third kappa shape index (κ3) is 2.75. The summed E-state index contributed by atoms with van der Waals surface area (Å²) in [5.41, 5.74) is 3.31. The number of fused-ring (bicyclic) bond motifs is 2. The van der Waals surface area contributed by atoms with Gasteiger partial charge in [-0.25, -0.2) is 0 Å². The van der Waals surface area contributed by atoms with Crippen LogP contribution < -0.4 is 0 Å². The molecule has 7 rings (SSSR count). The number of likely N-dealkylation sites (tertiary alicyclic amines) is 1. The lowest BCUT2D eigenvalue weighted by Gasteiger charge is -2.61. The molecule has 1 heterocycles. The van der Waals surface area contributed by atoms with Gasteiger partial charge in [-0.3, -0.25) is 0 Å². The van der Waals surface area contributed by atoms with Gasteiger partial charge in [0.1, 0.15) is 0 Å². The summed E-state index contributed by atoms with van der Waals surface area (Å²) in [5, 5.41) is 0. The normalized spacial score (nSPS) is 47.6. The summed E-state index contributed by atoms with van der Waals surface area (Å²) in [6.07, 6.45) is 12.0. The molecule has 6 fully saturated rings. The molecule has 0 spiro atoms. The Morgan fingerprint density at radius 3 is 2.38 bits per heavy atom. The fourth-order valence-corrected chi connectivity index (χ4v) is 9.39. The second kappa shape index (κ2) is 6.35. The first-order chi connectivity index (χ1) is 13.9. The fraction of sp³-hybridized carbons (Fsp3) is 0.786. The van der Waals surface area contributed by atoms with Crippen LogP contribution >= 0.6 is 0 Å². The molecule has 2 unspecified atom stereocenters. The third-order valence-corrected chi connectivity index (χ3v) is 11.3. The number of benzene rings is 1. The highest BCUT2D eigenvalue weighted by molar-refractivity contribution is 5.29. The predicted molar refractivity (Wildman–Crippen MR) is 121 cm³/mol. The van der Waals surface area contributed by atoms with Crippen LogP contribution in [0.1, 0.15) is 77.7 Å². The molecule has 1 aromatic carbocycles. The zero-order valence-corrected chi connectivity index (χ0v) is 19.0. The SMILES string of the molecule is CC1(C)[C@@H]2CC[C@@]1(C)CN(CCC1C3CC4CC1CC(c1ccccc1)(C4)C3)C2. The maximum absolute atomic E-state index is 2.89. The van der Waals surface area contributed by atoms with E-state index in [-0.39, 0.29) is 0 Å². The van der Waals surface area contributed by atoms with Gasteiger partial charge in [0.15, 0.2) is 0 Å². The maximum Gasteiger partial charge on any atom is 0.00407 e. The van der Waals surface area contributed by atoms with Crippen molar-refractivity contribution in [2.75, 3.05) is 19.6 Å². The fourth-order valence-electron chi connectivity index (χ4n) is 9.39. The Labute approximate surface area is 178 Å². The van der Waals surface area contributed by atoms with Crippen LogP contribution in [0.25, 0.3) is 0 Å². The first kappa shape index (κ1) is 18.9. The Kier molecular flexibility index (Phi) is 4.14. The molecule has 29 heavy (non-hydrogen) atoms. The minimum atomic E-state index is 0.538. The van der Waals surface area contributed by atoms with Crippen LogP contribution in [-0.4, -0.2) is 24.5 Å². The summed E-state index contributed by atoms with van der Waals surface area (Å²) < 4.78 is 0. The van der Waals surface area contributed by atoms with Crippen molar-refractivity contribution in [1.29, 1.82) is 0 Å². The van der Waals surface area contributed by atoms with Crippen LogP contribution in [0.4, 0.5) is 0 Å². The van der Waals surface area contributed by atoms with E-state index in [9.17, 15) is 0 Å². The van der Waals surface area contributed by atoms with Gasteiger partial charge in [-0.2, -0.15) is 0 Å². The van der Waals surface area contributed by atoms with Crippen molar-refractivity contribution in [2.45, 2.75) is 77.6 Å². The second-order valence-corrected chi connectivity index (χ2v) is 12.8. The van der Waals surface area contributed by atoms with Crippen molar-refractivity contribution < 1.29 is 0 Å². The minimum Gasteiger partial charge on any atom is -0.302 e. The van der Waals surface area contributed by atoms with Gasteiger partial charge in [-0.1, -0.05) is 51.1 Å². The van der Waals surface area contributed by atoms with Crippen molar-refractivity contribution in [1.82, 2.24) is 4.90 Å². The number of hydrogen-bond acceptors (Lipinski definition) is 1. The molecule has 4 atom stereocenters. The molecule has 158 valence electrons. The van der Waals surface area contributed by atoms with Gasteiger partial charge in [0, 0.05) is 13.1 Å². The average Bonchev–Trinajstić information content (AvgIpc) is 2.82. The van der Waals surface area contributed by atoms with Crippen molar-refractivity contribution >= 4 is 0 Å². The Balaban J connectivity index is 1.15. The van der Waals surface area contributed by atoms with Crippen molar-refractivity contribution in [3.63, 3.8) is 0 Å². The third-order valence-electron chi connectivity index (χ3n) is 11.3. The lowest BCUT2D eigenvalue weighted by molar-refractivity contribution is -0.0684. The zero-order valence-electron chi connectivity index (χ0n) is 19.0. The van der Waals surface area contributed by atoms with Gasteiger partial charge in [0.25, 0.3) is 0 Å². The monoisotopic (exact) mass is 391 g/mol. The van der Waals surface area contributed by atoms with Crippen LogP contribution in [0.5, 0.6) is 0 Å². The Morgan fingerprint density at radius 2 is 1.69 bits per heavy atom. The number of piperidine rings is 1. The van der Waals surface area contributed by atoms with E-state index in [4.69, 9.17) is 0 Å². The topological polar surface area (TPSA) is 3.24 Å². The Hall–Kier alpha value is -0.820. The smallest absolute Gasteiger partial charge is 0.00407 e. The molecule has 5 saturated carbocycles. The molecule has 1 heteroatoms. The molecule has 1 nitrogen and oxygen atoms in total. The summed E-state index contributed by atoms with van der Waals surface area (Å²) in [6, 6.07) is 11.6. The molecule has 0 N–H and O–H groups in total. The number of rotatable bonds is 4. The highest BCUT2D eigenvalue weighted by atomic mass is 15.2. The second-order valence-electron chi connectivity index (χ2n) is 12.8. The summed E-state index contributed by atoms with van der Waals surface area (Å²) in [7, 11) is 0. The van der Waals surface area contributed by atoms with Gasteiger partial charge in [0.2, 0.25) is 0 Å². The van der Waals surface area contributed by atoms with Gasteiger partial charge in [0.05, 0.1) is 0 Å². The molecule has 0 amide bonds. The van der Waals surface area contributed by atoms with Gasteiger partial charge in [-0.05, 0) is 109 Å². The molecule has 0 radical (unpaired) electrons. The molecule has 6 bridgehead atoms. The van der Waals surface area contributed by atoms with E-state index >= 15 is 0 Å². The summed E-state index contributed by atoms with van der Waals surface area (Å²) in [5.74, 6) is 4.99. The first-order valence-electron chi connectivity index (χ1n) is 12.7. The van der Waals surface area contributed by atoms with Crippen molar-refractivity contribution in [3.05, 3.63) is 35.9 Å². The van der Waals surface area contributed by atoms with Crippen molar-refractivity contribution in [2.24, 2.45) is 40.4 Å². The molecule has 1 aromatic rings. The molecular formula is C28H41N.